The van der Waals surface area contributed by atoms with E-state index >= 15 is 0 Å². The lowest BCUT2D eigenvalue weighted by molar-refractivity contribution is 0.404. The van der Waals surface area contributed by atoms with E-state index in [0.717, 1.165) is 10.3 Å². The van der Waals surface area contributed by atoms with Crippen molar-refractivity contribution in [3.8, 4) is 0 Å². The van der Waals surface area contributed by atoms with Gasteiger partial charge in [-0.3, -0.25) is 0 Å². The first-order valence-corrected chi connectivity index (χ1v) is 7.44. The van der Waals surface area contributed by atoms with Crippen molar-refractivity contribution in [1.82, 2.24) is 5.32 Å². The van der Waals surface area contributed by atoms with Crippen LogP contribution in [0.2, 0.25) is 4.34 Å². The third-order valence-corrected chi connectivity index (χ3v) is 4.49. The fraction of sp³-hybridized carbons (Fsp3) is 0.692. The molecule has 0 spiro atoms. The van der Waals surface area contributed by atoms with Crippen molar-refractivity contribution in [2.24, 2.45) is 5.92 Å². The summed E-state index contributed by atoms with van der Waals surface area (Å²) < 4.78 is 0.888. The molecule has 2 atom stereocenters. The second-order valence-electron chi connectivity index (χ2n) is 4.86. The normalized spacial score (nSPS) is 19.7. The highest BCUT2D eigenvalue weighted by molar-refractivity contribution is 7.14. The lowest BCUT2D eigenvalue weighted by atomic mass is 10.1. The Morgan fingerprint density at radius 1 is 1.56 bits per heavy atom. The Hall–Kier alpha value is -0.0500. The zero-order valence-corrected chi connectivity index (χ0v) is 11.6. The Balaban J connectivity index is 1.86. The molecule has 0 amide bonds. The van der Waals surface area contributed by atoms with Crippen molar-refractivity contribution < 1.29 is 0 Å². The first-order chi connectivity index (χ1) is 7.69. The van der Waals surface area contributed by atoms with Crippen LogP contribution < -0.4 is 5.32 Å². The van der Waals surface area contributed by atoms with Crippen LogP contribution >= 0.6 is 22.9 Å². The summed E-state index contributed by atoms with van der Waals surface area (Å²) in [5.41, 5.74) is 1.32. The molecule has 0 aliphatic heterocycles. The van der Waals surface area contributed by atoms with Crippen LogP contribution in [-0.4, -0.2) is 6.04 Å². The molecule has 0 aromatic carbocycles. The van der Waals surface area contributed by atoms with Gasteiger partial charge in [0.1, 0.15) is 0 Å². The molecule has 1 aliphatic rings. The number of hydrogen-bond donors (Lipinski definition) is 1. The predicted molar refractivity (Wildman–Crippen MR) is 72.3 cm³/mol. The standard InChI is InChI=1S/C13H20ClNS/c1-3-12(6-10-4-5-10)15-9(2)11-7-13(14)16-8-11/h7-10,12,15H,3-6H2,1-2H3. The third-order valence-electron chi connectivity index (χ3n) is 3.38. The molecule has 0 bridgehead atoms. The van der Waals surface area contributed by atoms with Gasteiger partial charge >= 0.3 is 0 Å². The van der Waals surface area contributed by atoms with E-state index in [4.69, 9.17) is 11.6 Å². The number of hydrogen-bond acceptors (Lipinski definition) is 2. The molecule has 1 fully saturated rings. The highest BCUT2D eigenvalue weighted by atomic mass is 35.5. The minimum atomic E-state index is 0.424. The third kappa shape index (κ3) is 3.47. The monoisotopic (exact) mass is 257 g/mol. The molecule has 0 radical (unpaired) electrons. The zero-order chi connectivity index (χ0) is 11.5. The second-order valence-corrected chi connectivity index (χ2v) is 6.40. The van der Waals surface area contributed by atoms with Gasteiger partial charge in [-0.05, 0) is 42.7 Å². The molecule has 16 heavy (non-hydrogen) atoms. The summed E-state index contributed by atoms with van der Waals surface area (Å²) in [5.74, 6) is 0.996. The minimum absolute atomic E-state index is 0.424. The van der Waals surface area contributed by atoms with Gasteiger partial charge in [0.05, 0.1) is 4.34 Å². The highest BCUT2D eigenvalue weighted by Crippen LogP contribution is 2.34. The Morgan fingerprint density at radius 2 is 2.31 bits per heavy atom. The van der Waals surface area contributed by atoms with Crippen molar-refractivity contribution in [1.29, 1.82) is 0 Å². The van der Waals surface area contributed by atoms with Gasteiger partial charge in [-0.1, -0.05) is 31.4 Å². The molecule has 2 unspecified atom stereocenters. The summed E-state index contributed by atoms with van der Waals surface area (Å²) in [6.07, 6.45) is 5.45. The first kappa shape index (κ1) is 12.4. The lowest BCUT2D eigenvalue weighted by Gasteiger charge is -2.21. The van der Waals surface area contributed by atoms with Crippen molar-refractivity contribution in [3.63, 3.8) is 0 Å². The van der Waals surface area contributed by atoms with Crippen molar-refractivity contribution in [3.05, 3.63) is 21.3 Å². The van der Waals surface area contributed by atoms with E-state index in [1.54, 1.807) is 11.3 Å². The number of thiophene rings is 1. The number of halogens is 1. The van der Waals surface area contributed by atoms with E-state index in [9.17, 15) is 0 Å². The van der Waals surface area contributed by atoms with Crippen LogP contribution in [0.25, 0.3) is 0 Å². The van der Waals surface area contributed by atoms with Gasteiger partial charge in [-0.25, -0.2) is 0 Å². The van der Waals surface area contributed by atoms with Crippen LogP contribution in [-0.2, 0) is 0 Å². The SMILES string of the molecule is CCC(CC1CC1)NC(C)c1csc(Cl)c1. The van der Waals surface area contributed by atoms with E-state index in [0.29, 0.717) is 12.1 Å². The molecule has 1 saturated carbocycles. The first-order valence-electron chi connectivity index (χ1n) is 6.19. The number of rotatable bonds is 6. The van der Waals surface area contributed by atoms with Gasteiger partial charge < -0.3 is 5.32 Å². The molecule has 0 saturated heterocycles. The van der Waals surface area contributed by atoms with Crippen molar-refractivity contribution in [2.75, 3.05) is 0 Å². The Bertz CT molecular complexity index is 332. The zero-order valence-electron chi connectivity index (χ0n) is 10.0. The molecular weight excluding hydrogens is 238 g/mol. The topological polar surface area (TPSA) is 12.0 Å². The fourth-order valence-corrected chi connectivity index (χ4v) is 3.09. The van der Waals surface area contributed by atoms with E-state index in [-0.39, 0.29) is 0 Å². The molecular formula is C13H20ClNS. The highest BCUT2D eigenvalue weighted by Gasteiger charge is 2.25. The quantitative estimate of drug-likeness (QED) is 0.784. The van der Waals surface area contributed by atoms with Gasteiger partial charge in [0.2, 0.25) is 0 Å². The summed E-state index contributed by atoms with van der Waals surface area (Å²) in [6, 6.07) is 3.17. The predicted octanol–water partition coefficient (Wildman–Crippen LogP) is 4.63. The summed E-state index contributed by atoms with van der Waals surface area (Å²) in [5, 5.41) is 5.87. The van der Waals surface area contributed by atoms with Crippen LogP contribution in [0.5, 0.6) is 0 Å². The molecule has 1 aromatic heterocycles. The van der Waals surface area contributed by atoms with Crippen molar-refractivity contribution in [2.45, 2.75) is 51.6 Å². The van der Waals surface area contributed by atoms with Gasteiger partial charge in [-0.2, -0.15) is 0 Å². The van der Waals surface area contributed by atoms with Gasteiger partial charge in [0.25, 0.3) is 0 Å². The van der Waals surface area contributed by atoms with Crippen LogP contribution in [0, 0.1) is 5.92 Å². The Labute approximate surface area is 107 Å². The van der Waals surface area contributed by atoms with E-state index in [1.165, 1.54) is 31.2 Å². The Morgan fingerprint density at radius 3 is 2.81 bits per heavy atom. The average Bonchev–Trinajstić information content (AvgIpc) is 2.97. The maximum absolute atomic E-state index is 5.96. The summed E-state index contributed by atoms with van der Waals surface area (Å²) in [6.45, 7) is 4.50. The molecule has 2 rings (SSSR count). The average molecular weight is 258 g/mol. The maximum atomic E-state index is 5.96. The summed E-state index contributed by atoms with van der Waals surface area (Å²) in [7, 11) is 0. The maximum Gasteiger partial charge on any atom is 0.0931 e. The van der Waals surface area contributed by atoms with Crippen LogP contribution in [0.15, 0.2) is 11.4 Å². The van der Waals surface area contributed by atoms with E-state index < -0.39 is 0 Å². The summed E-state index contributed by atoms with van der Waals surface area (Å²) in [4.78, 5) is 0. The van der Waals surface area contributed by atoms with Crippen LogP contribution in [0.3, 0.4) is 0 Å². The largest absolute Gasteiger partial charge is 0.307 e. The fourth-order valence-electron chi connectivity index (χ4n) is 2.11. The second kappa shape index (κ2) is 5.52. The van der Waals surface area contributed by atoms with Gasteiger partial charge in [0.15, 0.2) is 0 Å². The molecule has 90 valence electrons. The molecule has 3 heteroatoms. The molecule has 1 N–H and O–H groups in total. The minimum Gasteiger partial charge on any atom is -0.307 e. The van der Waals surface area contributed by atoms with E-state index in [1.807, 2.05) is 0 Å². The van der Waals surface area contributed by atoms with Gasteiger partial charge in [0, 0.05) is 12.1 Å². The molecule has 1 nitrogen and oxygen atoms in total. The van der Waals surface area contributed by atoms with Crippen molar-refractivity contribution >= 4 is 22.9 Å². The van der Waals surface area contributed by atoms with Gasteiger partial charge in [-0.15, -0.1) is 11.3 Å². The van der Waals surface area contributed by atoms with E-state index in [2.05, 4.69) is 30.6 Å². The molecule has 1 heterocycles. The van der Waals surface area contributed by atoms with Crippen LogP contribution in [0.1, 0.15) is 51.1 Å². The van der Waals surface area contributed by atoms with Crippen LogP contribution in [0.4, 0.5) is 0 Å². The lowest BCUT2D eigenvalue weighted by Crippen LogP contribution is -2.31. The number of nitrogens with one attached hydrogen (secondary N) is 1. The summed E-state index contributed by atoms with van der Waals surface area (Å²) >= 11 is 7.58. The molecule has 1 aromatic rings. The smallest absolute Gasteiger partial charge is 0.0931 e. The Kier molecular flexibility index (Phi) is 4.28. The molecule has 1 aliphatic carbocycles.